The number of nitrogens with two attached hydrogens (primary N) is 1. The summed E-state index contributed by atoms with van der Waals surface area (Å²) in [6.07, 6.45) is 3.98. The Bertz CT molecular complexity index is 4140. The number of halogens is 1. The van der Waals surface area contributed by atoms with E-state index in [-0.39, 0.29) is 88.3 Å². The van der Waals surface area contributed by atoms with Gasteiger partial charge in [0.2, 0.25) is 13.6 Å². The predicted octanol–water partition coefficient (Wildman–Crippen LogP) is 9.89. The van der Waals surface area contributed by atoms with Crippen LogP contribution < -0.4 is 53.7 Å². The molecule has 2 fully saturated rings. The minimum absolute atomic E-state index is 0. The lowest BCUT2D eigenvalue weighted by Gasteiger charge is -2.60. The zero-order valence-electron chi connectivity index (χ0n) is 55.5. The number of nitrogens with zero attached hydrogens (tertiary/aromatic N) is 6. The molecule has 23 heteroatoms. The van der Waals surface area contributed by atoms with Crippen LogP contribution in [-0.2, 0) is 35.2 Å². The molecule has 4 N–H and O–H groups in total. The van der Waals surface area contributed by atoms with Gasteiger partial charge in [-0.05, 0) is 113 Å². The number of phenols is 1. The van der Waals surface area contributed by atoms with Crippen molar-refractivity contribution in [2.24, 2.45) is 5.73 Å². The molecule has 0 aromatic heterocycles. The lowest BCUT2D eigenvalue weighted by molar-refractivity contribution is -0.132. The Balaban J connectivity index is 0.000000173. The van der Waals surface area contributed by atoms with Gasteiger partial charge in [0.1, 0.15) is 30.2 Å². The average Bonchev–Trinajstić information content (AvgIpc) is 1.37. The second-order valence-electron chi connectivity index (χ2n) is 25.2. The summed E-state index contributed by atoms with van der Waals surface area (Å²) in [6.45, 7) is 14.0. The Labute approximate surface area is 570 Å². The first-order valence-electron chi connectivity index (χ1n) is 32.0. The highest BCUT2D eigenvalue weighted by molar-refractivity contribution is 6.67. The first-order chi connectivity index (χ1) is 46.4. The lowest BCUT2D eigenvalue weighted by atomic mass is 9.71. The van der Waals surface area contributed by atoms with Gasteiger partial charge in [-0.3, -0.25) is 34.0 Å². The Morgan fingerprint density at radius 1 is 0.670 bits per heavy atom. The Hall–Kier alpha value is -9.10. The maximum Gasteiger partial charge on any atom is 0.308 e. The van der Waals surface area contributed by atoms with Crippen LogP contribution in [0.3, 0.4) is 0 Å². The number of nitriles is 2. The van der Waals surface area contributed by atoms with Gasteiger partial charge in [-0.2, -0.15) is 10.5 Å². The first-order valence-corrected chi connectivity index (χ1v) is 32.3. The minimum atomic E-state index is -0.577. The summed E-state index contributed by atoms with van der Waals surface area (Å²) < 4.78 is 59.3. The highest BCUT2D eigenvalue weighted by Crippen LogP contribution is 2.61. The van der Waals surface area contributed by atoms with Crippen LogP contribution in [-0.4, -0.2) is 154 Å². The van der Waals surface area contributed by atoms with Gasteiger partial charge < -0.3 is 63.5 Å². The smallest absolute Gasteiger partial charge is 0.308 e. The Morgan fingerprint density at radius 3 is 1.67 bits per heavy atom. The number of amides is 1. The van der Waals surface area contributed by atoms with E-state index >= 15 is 0 Å². The number of hydrogen-bond donors (Lipinski definition) is 3. The van der Waals surface area contributed by atoms with Gasteiger partial charge in [-0.15, -0.1) is 0 Å². The number of carbonyl (C=O) groups is 3. The number of esters is 1. The molecule has 0 spiro atoms. The molecule has 0 saturated carbocycles. The van der Waals surface area contributed by atoms with Crippen LogP contribution in [0.4, 0.5) is 0 Å². The first kappa shape index (κ1) is 69.3. The molecule has 0 radical (unpaired) electrons. The Morgan fingerprint density at radius 2 is 1.16 bits per heavy atom. The summed E-state index contributed by atoms with van der Waals surface area (Å²) in [6, 6.07) is 24.2. The molecule has 8 aliphatic heterocycles. The minimum Gasteiger partial charge on any atom is -0.504 e. The number of nitrogens with one attached hydrogen (secondary N) is 1. The third kappa shape index (κ3) is 11.9. The van der Waals surface area contributed by atoms with E-state index in [1.807, 2.05) is 52.9 Å². The predicted molar refractivity (Wildman–Crippen MR) is 361 cm³/mol. The van der Waals surface area contributed by atoms with Crippen LogP contribution in [0.2, 0.25) is 0 Å². The van der Waals surface area contributed by atoms with E-state index in [2.05, 4.69) is 56.7 Å². The van der Waals surface area contributed by atoms with Crippen LogP contribution in [0.25, 0.3) is 0 Å². The third-order valence-corrected chi connectivity index (χ3v) is 20.4. The summed E-state index contributed by atoms with van der Waals surface area (Å²) in [7, 11) is 8.92. The summed E-state index contributed by atoms with van der Waals surface area (Å²) in [5.41, 5.74) is 18.4. The van der Waals surface area contributed by atoms with E-state index in [1.54, 1.807) is 75.9 Å². The van der Waals surface area contributed by atoms with Crippen molar-refractivity contribution in [1.82, 2.24) is 24.9 Å². The zero-order valence-corrected chi connectivity index (χ0v) is 56.2. The van der Waals surface area contributed by atoms with E-state index < -0.39 is 29.3 Å². The summed E-state index contributed by atoms with van der Waals surface area (Å²) in [4.78, 5) is 45.3. The van der Waals surface area contributed by atoms with Gasteiger partial charge in [0, 0.05) is 107 Å². The maximum atomic E-state index is 13.4. The number of phenolic OH excluding ortho intramolecular Hbond substituents is 1. The molecule has 0 aliphatic carbocycles. The van der Waals surface area contributed by atoms with Gasteiger partial charge >= 0.3 is 5.97 Å². The van der Waals surface area contributed by atoms with E-state index in [9.17, 15) is 30.0 Å². The van der Waals surface area contributed by atoms with Gasteiger partial charge in [0.25, 0.3) is 11.1 Å². The molecule has 6 aromatic rings. The molecule has 0 unspecified atom stereocenters. The van der Waals surface area contributed by atoms with Crippen molar-refractivity contribution in [3.8, 4) is 69.6 Å². The average molecular weight is 1340 g/mol. The number of ether oxygens (including phenoxy) is 10. The van der Waals surface area contributed by atoms with E-state index in [1.165, 1.54) is 12.5 Å². The SMILES string of the molecule is C.C=CCOc1c(C)c2c(c3c1C[C@H]1[C@H]4c5c(cc(C)c(OC)c5OCOC)C[C@@H]([C@H](C#N)N1[C@H]3CN)N4C)OCO2.COc1c(C)cc2c(c1O)[C@@H]1[C@@H]3Cc4c(OC(C)=O)c(C)c5c(c4[C@H](CNC(=O)c4ccccc4)N3[C@@H](C#N)[C@H](C2)N1C)OCO5.O=C(Cl)c1ccccc1. The molecule has 8 aliphatic rings. The standard InChI is InChI=1S/C35H36N4O7.C31H38N4O6.C7H5ClO.CH4/c1-17-11-21-12-23-25(14-36)39-24(29(38(23)4)27(21)30(41)31(17)43-5)13-22-28(26(39)15-37-35(42)20-9-7-6-8-10-20)34-33(44-16-45-34)18(2)32(22)46-19(3)40;1-7-8-38-28-17(3)29-31(41-15-40-29)25-19(28)11-21-26-24-18(9-16(2)27(37-6)30(24)39-14-36-5)10-20(34(26)4)22(12-32)35(21)23(25)13-33;8-7(9)6-4-2-1-3-5-6;/h6-11,23-26,29,41H,12-13,15-16H2,1-5H3,(H,37,42);7,9,20-23,26H,1,8,10-11,13-15,33H2,2-6H3;1-5H;1H4/t23-,24-,25-,26-,29-;20-,21-,22-,23-,26-;;/m00../s1. The van der Waals surface area contributed by atoms with E-state index in [0.29, 0.717) is 102 Å². The molecule has 2 saturated heterocycles. The molecule has 10 atom stereocenters. The molecule has 22 nitrogen and oxygen atoms in total. The van der Waals surface area contributed by atoms with Crippen molar-refractivity contribution >= 4 is 28.7 Å². The number of aromatic hydroxyl groups is 1. The molecular formula is C74H83ClN8O14. The number of hydrogen-bond acceptors (Lipinski definition) is 21. The van der Waals surface area contributed by atoms with Crippen molar-refractivity contribution in [2.75, 3.05) is 75.5 Å². The molecule has 4 bridgehead atoms. The lowest BCUT2D eigenvalue weighted by Crippen LogP contribution is -2.68. The van der Waals surface area contributed by atoms with Crippen LogP contribution in [0.5, 0.6) is 57.5 Å². The molecule has 6 aromatic carbocycles. The molecule has 97 heavy (non-hydrogen) atoms. The number of rotatable bonds is 14. The van der Waals surface area contributed by atoms with Crippen molar-refractivity contribution in [3.05, 3.63) is 163 Å². The van der Waals surface area contributed by atoms with E-state index in [4.69, 9.17) is 64.7 Å². The van der Waals surface area contributed by atoms with Crippen molar-refractivity contribution in [2.45, 2.75) is 128 Å². The molecular weight excluding hydrogens is 1260 g/mol. The van der Waals surface area contributed by atoms with Crippen LogP contribution in [0.1, 0.15) is 126 Å². The second kappa shape index (κ2) is 28.5. The fraction of sp³-hybridized carbons (Fsp3) is 0.419. The van der Waals surface area contributed by atoms with Crippen molar-refractivity contribution in [3.63, 3.8) is 0 Å². The largest absolute Gasteiger partial charge is 0.504 e. The fourth-order valence-corrected chi connectivity index (χ4v) is 16.5. The van der Waals surface area contributed by atoms with Gasteiger partial charge in [-0.1, -0.05) is 80.7 Å². The molecule has 1 amide bonds. The third-order valence-electron chi connectivity index (χ3n) is 20.1. The summed E-state index contributed by atoms with van der Waals surface area (Å²) in [5, 5.41) is 35.9. The fourth-order valence-electron chi connectivity index (χ4n) is 16.4. The summed E-state index contributed by atoms with van der Waals surface area (Å²) >= 11 is 5.16. The second-order valence-corrected chi connectivity index (χ2v) is 25.5. The number of aryl methyl sites for hydroxylation is 2. The number of carbonyl (C=O) groups excluding carboxylic acids is 3. The quantitative estimate of drug-likeness (QED) is 0.0301. The van der Waals surface area contributed by atoms with Crippen LogP contribution in [0.15, 0.2) is 85.5 Å². The number of fused-ring (bicyclic) bond motifs is 18. The van der Waals surface area contributed by atoms with Gasteiger partial charge in [0.15, 0.2) is 52.8 Å². The zero-order chi connectivity index (χ0) is 68.1. The highest BCUT2D eigenvalue weighted by atomic mass is 35.5. The van der Waals surface area contributed by atoms with Gasteiger partial charge in [0.05, 0.1) is 50.5 Å². The van der Waals surface area contributed by atoms with Crippen molar-refractivity contribution < 1.29 is 66.9 Å². The van der Waals surface area contributed by atoms with Crippen LogP contribution >= 0.6 is 11.6 Å². The molecule has 14 rings (SSSR count). The normalized spacial score (nSPS) is 23.3. The summed E-state index contributed by atoms with van der Waals surface area (Å²) in [5.74, 6) is 4.74. The Kier molecular flexibility index (Phi) is 20.4. The van der Waals surface area contributed by atoms with E-state index in [0.717, 1.165) is 61.4 Å². The number of piperazine rings is 2. The number of likely N-dealkylation sites (N-methyl/N-ethyl adjacent to an activating group) is 2. The van der Waals surface area contributed by atoms with Crippen molar-refractivity contribution in [1.29, 1.82) is 10.5 Å². The number of benzene rings is 6. The topological polar surface area (TPSA) is 262 Å². The van der Waals surface area contributed by atoms with Crippen LogP contribution in [0, 0.1) is 50.4 Å². The van der Waals surface area contributed by atoms with Gasteiger partial charge in [-0.25, -0.2) is 0 Å². The highest BCUT2D eigenvalue weighted by Gasteiger charge is 2.59. The maximum absolute atomic E-state index is 13.4. The molecule has 510 valence electrons. The number of methoxy groups -OCH3 is 3. The molecule has 8 heterocycles. The monoisotopic (exact) mass is 1340 g/mol.